The molecule has 1 aliphatic rings. The number of piperidine rings is 1. The second kappa shape index (κ2) is 9.20. The van der Waals surface area contributed by atoms with Gasteiger partial charge in [0.05, 0.1) is 11.3 Å². The Kier molecular flexibility index (Phi) is 6.85. The number of amides is 1. The summed E-state index contributed by atoms with van der Waals surface area (Å²) in [6, 6.07) is 14.1. The zero-order valence-electron chi connectivity index (χ0n) is 16.4. The number of rotatable bonds is 6. The maximum atomic E-state index is 12.6. The number of benzene rings is 2. The van der Waals surface area contributed by atoms with Gasteiger partial charge in [-0.2, -0.15) is 13.2 Å². The summed E-state index contributed by atoms with van der Waals surface area (Å²) in [5.41, 5.74) is 0.650. The molecule has 8 heteroatoms. The Morgan fingerprint density at radius 1 is 0.933 bits per heavy atom. The van der Waals surface area contributed by atoms with Gasteiger partial charge in [-0.25, -0.2) is 8.42 Å². The van der Waals surface area contributed by atoms with Gasteiger partial charge in [0.1, 0.15) is 5.75 Å². The molecule has 162 valence electrons. The lowest BCUT2D eigenvalue weighted by molar-refractivity contribution is -0.137. The molecule has 0 N–H and O–H groups in total. The molecule has 0 unspecified atom stereocenters. The van der Waals surface area contributed by atoms with Crippen LogP contribution in [-0.4, -0.2) is 38.1 Å². The fourth-order valence-electron chi connectivity index (χ4n) is 3.71. The van der Waals surface area contributed by atoms with E-state index < -0.39 is 39.0 Å². The lowest BCUT2D eigenvalue weighted by atomic mass is 9.90. The van der Waals surface area contributed by atoms with Gasteiger partial charge in [0, 0.05) is 13.1 Å². The van der Waals surface area contributed by atoms with Crippen LogP contribution in [-0.2, 0) is 33.0 Å². The average Bonchev–Trinajstić information content (AvgIpc) is 2.68. The summed E-state index contributed by atoms with van der Waals surface area (Å²) in [5.74, 6) is -1.07. The Bertz CT molecular complexity index is 949. The molecule has 0 atom stereocenters. The van der Waals surface area contributed by atoms with Crippen molar-refractivity contribution in [2.45, 2.75) is 31.2 Å². The Hall–Kier alpha value is -2.35. The molecule has 3 rings (SSSR count). The first-order chi connectivity index (χ1) is 14.1. The third-order valence-electron chi connectivity index (χ3n) is 5.35. The van der Waals surface area contributed by atoms with E-state index in [2.05, 4.69) is 12.1 Å². The van der Waals surface area contributed by atoms with Gasteiger partial charge in [-0.3, -0.25) is 4.79 Å². The van der Waals surface area contributed by atoms with Crippen molar-refractivity contribution in [3.8, 4) is 0 Å². The molecule has 4 nitrogen and oxygen atoms in total. The predicted octanol–water partition coefficient (Wildman–Crippen LogP) is 4.10. The van der Waals surface area contributed by atoms with Gasteiger partial charge >= 0.3 is 6.18 Å². The van der Waals surface area contributed by atoms with Gasteiger partial charge in [0.2, 0.25) is 5.91 Å². The summed E-state index contributed by atoms with van der Waals surface area (Å²) < 4.78 is 62.6. The minimum atomic E-state index is -4.47. The molecule has 30 heavy (non-hydrogen) atoms. The first-order valence-electron chi connectivity index (χ1n) is 9.81. The fraction of sp³-hybridized carbons (Fsp3) is 0.409. The lowest BCUT2D eigenvalue weighted by Gasteiger charge is -2.32. The van der Waals surface area contributed by atoms with E-state index >= 15 is 0 Å². The van der Waals surface area contributed by atoms with Crippen molar-refractivity contribution in [3.05, 3.63) is 71.3 Å². The van der Waals surface area contributed by atoms with Crippen molar-refractivity contribution in [1.82, 2.24) is 4.90 Å². The van der Waals surface area contributed by atoms with Crippen LogP contribution in [0.5, 0.6) is 0 Å². The van der Waals surface area contributed by atoms with Crippen LogP contribution in [0, 0.1) is 5.92 Å². The standard InChI is InChI=1S/C22H24F3NO3S/c23-22(24,25)20-8-6-19(7-9-20)15-30(28,29)16-21(27)26-12-10-18(11-13-26)14-17-4-2-1-3-5-17/h1-9,18H,10-16H2. The summed E-state index contributed by atoms with van der Waals surface area (Å²) in [4.78, 5) is 14.0. The quantitative estimate of drug-likeness (QED) is 0.681. The molecule has 0 spiro atoms. The topological polar surface area (TPSA) is 54.5 Å². The number of alkyl halides is 3. The van der Waals surface area contributed by atoms with Crippen LogP contribution < -0.4 is 0 Å². The number of nitrogens with zero attached hydrogens (tertiary/aromatic N) is 1. The minimum Gasteiger partial charge on any atom is -0.342 e. The highest BCUT2D eigenvalue weighted by Crippen LogP contribution is 2.29. The zero-order valence-corrected chi connectivity index (χ0v) is 17.3. The average molecular weight is 439 g/mol. The second-order valence-electron chi connectivity index (χ2n) is 7.74. The molecule has 0 radical (unpaired) electrons. The lowest BCUT2D eigenvalue weighted by Crippen LogP contribution is -2.41. The van der Waals surface area contributed by atoms with Crippen molar-refractivity contribution in [2.75, 3.05) is 18.8 Å². The van der Waals surface area contributed by atoms with Crippen molar-refractivity contribution in [3.63, 3.8) is 0 Å². The molecule has 0 saturated carbocycles. The molecule has 1 amide bonds. The maximum absolute atomic E-state index is 12.6. The number of carbonyl (C=O) groups is 1. The van der Waals surface area contributed by atoms with E-state index in [4.69, 9.17) is 0 Å². The fourth-order valence-corrected chi connectivity index (χ4v) is 5.07. The number of hydrogen-bond acceptors (Lipinski definition) is 3. The van der Waals surface area contributed by atoms with E-state index in [1.165, 1.54) is 5.56 Å². The van der Waals surface area contributed by atoms with Crippen LogP contribution in [0.4, 0.5) is 13.2 Å². The molecular weight excluding hydrogens is 415 g/mol. The number of carbonyl (C=O) groups excluding carboxylic acids is 1. The van der Waals surface area contributed by atoms with E-state index in [0.717, 1.165) is 43.5 Å². The summed E-state index contributed by atoms with van der Waals surface area (Å²) >= 11 is 0. The third kappa shape index (κ3) is 6.32. The second-order valence-corrected chi connectivity index (χ2v) is 9.81. The predicted molar refractivity (Wildman–Crippen MR) is 108 cm³/mol. The van der Waals surface area contributed by atoms with Crippen LogP contribution in [0.2, 0.25) is 0 Å². The van der Waals surface area contributed by atoms with Gasteiger partial charge < -0.3 is 4.90 Å². The largest absolute Gasteiger partial charge is 0.416 e. The van der Waals surface area contributed by atoms with Crippen LogP contribution in [0.1, 0.15) is 29.5 Å². The van der Waals surface area contributed by atoms with E-state index in [9.17, 15) is 26.4 Å². The Morgan fingerprint density at radius 3 is 2.10 bits per heavy atom. The van der Waals surface area contributed by atoms with E-state index in [0.29, 0.717) is 19.0 Å². The highest BCUT2D eigenvalue weighted by Gasteiger charge is 2.30. The van der Waals surface area contributed by atoms with E-state index in [-0.39, 0.29) is 5.56 Å². The number of hydrogen-bond donors (Lipinski definition) is 0. The molecule has 1 heterocycles. The summed E-state index contributed by atoms with van der Waals surface area (Å²) in [7, 11) is -3.77. The Labute approximate surface area is 174 Å². The molecule has 0 bridgehead atoms. The van der Waals surface area contributed by atoms with Gasteiger partial charge in [0.25, 0.3) is 0 Å². The summed E-state index contributed by atoms with van der Waals surface area (Å²) in [6.45, 7) is 1.04. The molecule has 0 aliphatic carbocycles. The third-order valence-corrected chi connectivity index (χ3v) is 6.81. The maximum Gasteiger partial charge on any atom is 0.416 e. The number of sulfone groups is 1. The van der Waals surface area contributed by atoms with Crippen molar-refractivity contribution in [2.24, 2.45) is 5.92 Å². The molecule has 2 aromatic carbocycles. The van der Waals surface area contributed by atoms with E-state index in [1.807, 2.05) is 18.2 Å². The molecule has 1 fully saturated rings. The first-order valence-corrected chi connectivity index (χ1v) is 11.6. The highest BCUT2D eigenvalue weighted by molar-refractivity contribution is 7.91. The van der Waals surface area contributed by atoms with Crippen molar-refractivity contribution >= 4 is 15.7 Å². The molecule has 1 aliphatic heterocycles. The van der Waals surface area contributed by atoms with Crippen molar-refractivity contribution < 1.29 is 26.4 Å². The van der Waals surface area contributed by atoms with Gasteiger partial charge in [-0.1, -0.05) is 42.5 Å². The van der Waals surface area contributed by atoms with Gasteiger partial charge in [-0.15, -0.1) is 0 Å². The molecular formula is C22H24F3NO3S. The van der Waals surface area contributed by atoms with Crippen LogP contribution in [0.3, 0.4) is 0 Å². The van der Waals surface area contributed by atoms with Crippen LogP contribution in [0.15, 0.2) is 54.6 Å². The van der Waals surface area contributed by atoms with Crippen LogP contribution >= 0.6 is 0 Å². The smallest absolute Gasteiger partial charge is 0.342 e. The molecule has 2 aromatic rings. The van der Waals surface area contributed by atoms with Crippen LogP contribution in [0.25, 0.3) is 0 Å². The van der Waals surface area contributed by atoms with Gasteiger partial charge in [0.15, 0.2) is 9.84 Å². The Balaban J connectivity index is 1.50. The van der Waals surface area contributed by atoms with E-state index in [1.54, 1.807) is 4.90 Å². The van der Waals surface area contributed by atoms with Gasteiger partial charge in [-0.05, 0) is 48.4 Å². The highest BCUT2D eigenvalue weighted by atomic mass is 32.2. The molecule has 1 saturated heterocycles. The monoisotopic (exact) mass is 439 g/mol. The Morgan fingerprint density at radius 2 is 1.53 bits per heavy atom. The summed E-state index contributed by atoms with van der Waals surface area (Å²) in [6.07, 6.45) is -1.89. The number of likely N-dealkylation sites (tertiary alicyclic amines) is 1. The SMILES string of the molecule is O=C(CS(=O)(=O)Cc1ccc(C(F)(F)F)cc1)N1CCC(Cc2ccccc2)CC1. The van der Waals surface area contributed by atoms with Crippen molar-refractivity contribution in [1.29, 1.82) is 0 Å². The number of halogens is 3. The summed E-state index contributed by atoms with van der Waals surface area (Å²) in [5, 5.41) is 0. The molecule has 0 aromatic heterocycles. The first kappa shape index (κ1) is 22.3. The zero-order chi connectivity index (χ0) is 21.8. The minimum absolute atomic E-state index is 0.234. The normalized spacial score (nSPS) is 15.9.